The maximum absolute atomic E-state index is 10.4. The van der Waals surface area contributed by atoms with Crippen LogP contribution in [0.25, 0.3) is 0 Å². The number of hydrogen-bond acceptors (Lipinski definition) is 2. The van der Waals surface area contributed by atoms with Gasteiger partial charge in [0.15, 0.2) is 0 Å². The van der Waals surface area contributed by atoms with E-state index in [0.717, 1.165) is 19.4 Å². The first kappa shape index (κ1) is 8.21. The minimum atomic E-state index is -3.78. The van der Waals surface area contributed by atoms with E-state index in [1.807, 2.05) is 0 Å². The molecule has 1 fully saturated rings. The van der Waals surface area contributed by atoms with Crippen LogP contribution in [0, 0.1) is 0 Å². The van der Waals surface area contributed by atoms with E-state index in [2.05, 4.69) is 5.32 Å². The van der Waals surface area contributed by atoms with Crippen molar-refractivity contribution in [3.05, 3.63) is 0 Å². The Labute approximate surface area is 59.8 Å². The SMILES string of the molecule is O=P(O)(O)CC1CCCN1. The predicted molar refractivity (Wildman–Crippen MR) is 37.9 cm³/mol. The topological polar surface area (TPSA) is 69.6 Å². The zero-order valence-electron chi connectivity index (χ0n) is 5.66. The van der Waals surface area contributed by atoms with E-state index in [1.54, 1.807) is 0 Å². The highest BCUT2D eigenvalue weighted by molar-refractivity contribution is 7.51. The van der Waals surface area contributed by atoms with Gasteiger partial charge in [-0.3, -0.25) is 4.57 Å². The average molecular weight is 165 g/mol. The number of nitrogens with one attached hydrogen (secondary N) is 1. The van der Waals surface area contributed by atoms with Crippen molar-refractivity contribution in [2.45, 2.75) is 18.9 Å². The summed E-state index contributed by atoms with van der Waals surface area (Å²) in [6.45, 7) is 0.894. The van der Waals surface area contributed by atoms with Crippen LogP contribution >= 0.6 is 7.60 Å². The molecule has 1 rings (SSSR count). The van der Waals surface area contributed by atoms with Gasteiger partial charge in [-0.05, 0) is 19.4 Å². The van der Waals surface area contributed by atoms with Gasteiger partial charge in [0.1, 0.15) is 0 Å². The molecule has 5 heteroatoms. The van der Waals surface area contributed by atoms with Crippen LogP contribution in [0.3, 0.4) is 0 Å². The van der Waals surface area contributed by atoms with Gasteiger partial charge < -0.3 is 15.1 Å². The molecule has 1 saturated heterocycles. The van der Waals surface area contributed by atoms with E-state index < -0.39 is 7.60 Å². The fourth-order valence-corrected chi connectivity index (χ4v) is 2.09. The molecule has 0 aromatic heterocycles. The highest BCUT2D eigenvalue weighted by Crippen LogP contribution is 2.36. The molecule has 0 bridgehead atoms. The first-order chi connectivity index (χ1) is 4.58. The Hall–Kier alpha value is 0.110. The second-order valence-electron chi connectivity index (χ2n) is 2.64. The van der Waals surface area contributed by atoms with Crippen LogP contribution in [0.15, 0.2) is 0 Å². The summed E-state index contributed by atoms with van der Waals surface area (Å²) in [4.78, 5) is 17.1. The van der Waals surface area contributed by atoms with Crippen molar-refractivity contribution < 1.29 is 14.4 Å². The predicted octanol–water partition coefficient (Wildman–Crippen LogP) is -0.0839. The maximum atomic E-state index is 10.4. The molecule has 0 aromatic rings. The third kappa shape index (κ3) is 2.80. The molecule has 0 aliphatic carbocycles. The summed E-state index contributed by atoms with van der Waals surface area (Å²) in [5, 5.41) is 3.02. The molecule has 1 heterocycles. The monoisotopic (exact) mass is 165 g/mol. The van der Waals surface area contributed by atoms with Gasteiger partial charge in [-0.15, -0.1) is 0 Å². The van der Waals surface area contributed by atoms with Gasteiger partial charge in [-0.25, -0.2) is 0 Å². The Balaban J connectivity index is 2.31. The molecule has 0 saturated carbocycles. The number of hydrogen-bond donors (Lipinski definition) is 3. The first-order valence-electron chi connectivity index (χ1n) is 3.36. The summed E-state index contributed by atoms with van der Waals surface area (Å²) < 4.78 is 10.4. The molecule has 60 valence electrons. The standard InChI is InChI=1S/C5H12NO3P/c7-10(8,9)4-5-2-1-3-6-5/h5-6H,1-4H2,(H2,7,8,9). The van der Waals surface area contributed by atoms with Crippen molar-refractivity contribution in [3.63, 3.8) is 0 Å². The van der Waals surface area contributed by atoms with E-state index in [0.29, 0.717) is 0 Å². The van der Waals surface area contributed by atoms with Gasteiger partial charge >= 0.3 is 7.60 Å². The lowest BCUT2D eigenvalue weighted by Crippen LogP contribution is -2.25. The largest absolute Gasteiger partial charge is 0.327 e. The lowest BCUT2D eigenvalue weighted by Gasteiger charge is -2.09. The maximum Gasteiger partial charge on any atom is 0.327 e. The first-order valence-corrected chi connectivity index (χ1v) is 5.16. The molecule has 1 aliphatic rings. The Morgan fingerprint density at radius 2 is 2.30 bits per heavy atom. The summed E-state index contributed by atoms with van der Waals surface area (Å²) in [7, 11) is -3.78. The molecule has 0 aromatic carbocycles. The molecular weight excluding hydrogens is 153 g/mol. The minimum Gasteiger partial charge on any atom is -0.324 e. The van der Waals surface area contributed by atoms with E-state index >= 15 is 0 Å². The fraction of sp³-hybridized carbons (Fsp3) is 1.00. The van der Waals surface area contributed by atoms with Gasteiger partial charge in [0, 0.05) is 6.04 Å². The van der Waals surface area contributed by atoms with Crippen LogP contribution < -0.4 is 5.32 Å². The van der Waals surface area contributed by atoms with Crippen molar-refractivity contribution in [2.75, 3.05) is 12.7 Å². The molecule has 10 heavy (non-hydrogen) atoms. The second kappa shape index (κ2) is 3.01. The van der Waals surface area contributed by atoms with E-state index in [1.165, 1.54) is 0 Å². The molecule has 3 N–H and O–H groups in total. The van der Waals surface area contributed by atoms with Gasteiger partial charge in [0.05, 0.1) is 6.16 Å². The Morgan fingerprint density at radius 1 is 1.60 bits per heavy atom. The second-order valence-corrected chi connectivity index (χ2v) is 4.34. The smallest absolute Gasteiger partial charge is 0.324 e. The molecular formula is C5H12NO3P. The van der Waals surface area contributed by atoms with Gasteiger partial charge in [0.25, 0.3) is 0 Å². The van der Waals surface area contributed by atoms with Gasteiger partial charge in [0.2, 0.25) is 0 Å². The van der Waals surface area contributed by atoms with Crippen molar-refractivity contribution >= 4 is 7.60 Å². The molecule has 1 unspecified atom stereocenters. The molecule has 0 spiro atoms. The van der Waals surface area contributed by atoms with Crippen LogP contribution in [0.4, 0.5) is 0 Å². The summed E-state index contributed by atoms with van der Waals surface area (Å²) >= 11 is 0. The summed E-state index contributed by atoms with van der Waals surface area (Å²) in [5.74, 6) is 0. The Morgan fingerprint density at radius 3 is 2.70 bits per heavy atom. The molecule has 1 atom stereocenters. The van der Waals surface area contributed by atoms with Crippen LogP contribution in [-0.2, 0) is 4.57 Å². The van der Waals surface area contributed by atoms with Crippen molar-refractivity contribution in [3.8, 4) is 0 Å². The van der Waals surface area contributed by atoms with Crippen molar-refractivity contribution in [2.24, 2.45) is 0 Å². The molecule has 1 aliphatic heterocycles. The lowest BCUT2D eigenvalue weighted by atomic mass is 10.3. The van der Waals surface area contributed by atoms with Crippen LogP contribution in [0.1, 0.15) is 12.8 Å². The molecule has 0 radical (unpaired) electrons. The van der Waals surface area contributed by atoms with E-state index in [9.17, 15) is 4.57 Å². The van der Waals surface area contributed by atoms with Crippen LogP contribution in [0.2, 0.25) is 0 Å². The highest BCUT2D eigenvalue weighted by atomic mass is 31.2. The van der Waals surface area contributed by atoms with E-state index in [4.69, 9.17) is 9.79 Å². The van der Waals surface area contributed by atoms with E-state index in [-0.39, 0.29) is 12.2 Å². The third-order valence-electron chi connectivity index (χ3n) is 1.62. The quantitative estimate of drug-likeness (QED) is 0.500. The lowest BCUT2D eigenvalue weighted by molar-refractivity contribution is 0.366. The van der Waals surface area contributed by atoms with Gasteiger partial charge in [-0.1, -0.05) is 0 Å². The van der Waals surface area contributed by atoms with Crippen molar-refractivity contribution in [1.29, 1.82) is 0 Å². The third-order valence-corrected chi connectivity index (χ3v) is 2.54. The fourth-order valence-electron chi connectivity index (χ4n) is 1.20. The Bertz CT molecular complexity index is 149. The van der Waals surface area contributed by atoms with Crippen LogP contribution in [0.5, 0.6) is 0 Å². The summed E-state index contributed by atoms with van der Waals surface area (Å²) in [6, 6.07) is 0.0424. The normalized spacial score (nSPS) is 27.2. The van der Waals surface area contributed by atoms with Crippen LogP contribution in [-0.4, -0.2) is 28.5 Å². The summed E-state index contributed by atoms with van der Waals surface area (Å²) in [6.07, 6.45) is 1.92. The average Bonchev–Trinajstić information content (AvgIpc) is 2.12. The zero-order chi connectivity index (χ0) is 7.61. The summed E-state index contributed by atoms with van der Waals surface area (Å²) in [5.41, 5.74) is 0. The van der Waals surface area contributed by atoms with Crippen molar-refractivity contribution in [1.82, 2.24) is 5.32 Å². The Kier molecular flexibility index (Phi) is 2.47. The molecule has 4 nitrogen and oxygen atoms in total. The van der Waals surface area contributed by atoms with Gasteiger partial charge in [-0.2, -0.15) is 0 Å². The molecule has 0 amide bonds. The zero-order valence-corrected chi connectivity index (χ0v) is 6.55. The minimum absolute atomic E-state index is 0.00694. The highest BCUT2D eigenvalue weighted by Gasteiger charge is 2.23. The number of rotatable bonds is 2.